The SMILES string of the molecule is COC(=O)c1ccccc1S(=O)(=O)N1CCC(C(=O)OCc2ccc(Br)cc2)CC1. The number of esters is 2. The van der Waals surface area contributed by atoms with Crippen LogP contribution in [0.15, 0.2) is 57.9 Å². The normalized spacial score (nSPS) is 15.5. The van der Waals surface area contributed by atoms with E-state index in [9.17, 15) is 18.0 Å². The van der Waals surface area contributed by atoms with Crippen LogP contribution in [-0.2, 0) is 30.9 Å². The highest BCUT2D eigenvalue weighted by Gasteiger charge is 2.34. The Morgan fingerprint density at radius 1 is 1.07 bits per heavy atom. The first-order valence-electron chi connectivity index (χ1n) is 9.41. The van der Waals surface area contributed by atoms with Gasteiger partial charge < -0.3 is 9.47 Å². The number of carbonyl (C=O) groups is 2. The molecule has 1 aliphatic heterocycles. The van der Waals surface area contributed by atoms with Gasteiger partial charge in [-0.3, -0.25) is 4.79 Å². The van der Waals surface area contributed by atoms with Gasteiger partial charge in [0, 0.05) is 17.6 Å². The minimum absolute atomic E-state index is 0.00367. The molecule has 3 rings (SSSR count). The van der Waals surface area contributed by atoms with Crippen LogP contribution in [0.3, 0.4) is 0 Å². The van der Waals surface area contributed by atoms with Crippen LogP contribution >= 0.6 is 15.9 Å². The number of halogens is 1. The van der Waals surface area contributed by atoms with Crippen molar-refractivity contribution in [1.82, 2.24) is 4.31 Å². The van der Waals surface area contributed by atoms with Crippen LogP contribution in [0, 0.1) is 5.92 Å². The van der Waals surface area contributed by atoms with Crippen molar-refractivity contribution >= 4 is 37.9 Å². The fourth-order valence-electron chi connectivity index (χ4n) is 3.29. The lowest BCUT2D eigenvalue weighted by atomic mass is 9.98. The van der Waals surface area contributed by atoms with Gasteiger partial charge in [0.2, 0.25) is 10.0 Å². The molecule has 160 valence electrons. The third-order valence-electron chi connectivity index (χ3n) is 4.99. The van der Waals surface area contributed by atoms with Crippen molar-refractivity contribution < 1.29 is 27.5 Å². The molecule has 0 N–H and O–H groups in total. The largest absolute Gasteiger partial charge is 0.465 e. The molecule has 0 bridgehead atoms. The van der Waals surface area contributed by atoms with Gasteiger partial charge in [0.1, 0.15) is 6.61 Å². The summed E-state index contributed by atoms with van der Waals surface area (Å²) in [6, 6.07) is 13.4. The average Bonchev–Trinajstić information content (AvgIpc) is 2.78. The molecule has 2 aromatic rings. The summed E-state index contributed by atoms with van der Waals surface area (Å²) in [5.74, 6) is -1.40. The number of hydrogen-bond acceptors (Lipinski definition) is 6. The number of piperidine rings is 1. The van der Waals surface area contributed by atoms with Crippen molar-refractivity contribution in [2.75, 3.05) is 20.2 Å². The van der Waals surface area contributed by atoms with E-state index in [4.69, 9.17) is 9.47 Å². The number of benzene rings is 2. The highest BCUT2D eigenvalue weighted by atomic mass is 79.9. The van der Waals surface area contributed by atoms with Gasteiger partial charge in [-0.05, 0) is 42.7 Å². The van der Waals surface area contributed by atoms with E-state index in [1.54, 1.807) is 12.1 Å². The molecule has 0 saturated carbocycles. The van der Waals surface area contributed by atoms with Crippen LogP contribution in [0.1, 0.15) is 28.8 Å². The van der Waals surface area contributed by atoms with Crippen LogP contribution in [-0.4, -0.2) is 44.9 Å². The molecule has 0 spiro atoms. The van der Waals surface area contributed by atoms with Gasteiger partial charge in [-0.25, -0.2) is 13.2 Å². The number of rotatable bonds is 6. The van der Waals surface area contributed by atoms with Crippen molar-refractivity contribution in [3.05, 3.63) is 64.1 Å². The molecule has 2 aromatic carbocycles. The van der Waals surface area contributed by atoms with Gasteiger partial charge in [0.05, 0.1) is 23.5 Å². The van der Waals surface area contributed by atoms with Gasteiger partial charge in [-0.15, -0.1) is 0 Å². The zero-order valence-electron chi connectivity index (χ0n) is 16.4. The Bertz CT molecular complexity index is 1010. The number of nitrogens with zero attached hydrogens (tertiary/aromatic N) is 1. The standard InChI is InChI=1S/C21H22BrNO6S/c1-28-21(25)18-4-2-3-5-19(18)30(26,27)23-12-10-16(11-13-23)20(24)29-14-15-6-8-17(22)9-7-15/h2-9,16H,10-14H2,1H3. The van der Waals surface area contributed by atoms with E-state index in [0.717, 1.165) is 10.0 Å². The van der Waals surface area contributed by atoms with Crippen LogP contribution in [0.4, 0.5) is 0 Å². The summed E-state index contributed by atoms with van der Waals surface area (Å²) in [5.41, 5.74) is 0.877. The van der Waals surface area contributed by atoms with Crippen LogP contribution in [0.2, 0.25) is 0 Å². The summed E-state index contributed by atoms with van der Waals surface area (Å²) in [6.45, 7) is 0.531. The molecule has 30 heavy (non-hydrogen) atoms. The molecule has 0 amide bonds. The predicted molar refractivity (Wildman–Crippen MR) is 113 cm³/mol. The van der Waals surface area contributed by atoms with Gasteiger partial charge in [0.15, 0.2) is 0 Å². The second-order valence-electron chi connectivity index (χ2n) is 6.90. The van der Waals surface area contributed by atoms with Crippen molar-refractivity contribution in [2.24, 2.45) is 5.92 Å². The van der Waals surface area contributed by atoms with Crippen LogP contribution in [0.25, 0.3) is 0 Å². The second kappa shape index (κ2) is 9.72. The van der Waals surface area contributed by atoms with E-state index in [-0.39, 0.29) is 42.0 Å². The topological polar surface area (TPSA) is 90.0 Å². The number of methoxy groups -OCH3 is 1. The molecule has 0 aliphatic carbocycles. The molecule has 1 aliphatic rings. The van der Waals surface area contributed by atoms with Gasteiger partial charge >= 0.3 is 11.9 Å². The molecule has 1 saturated heterocycles. The molecule has 1 heterocycles. The van der Waals surface area contributed by atoms with E-state index < -0.39 is 16.0 Å². The first-order chi connectivity index (χ1) is 14.3. The van der Waals surface area contributed by atoms with E-state index in [1.165, 1.54) is 23.5 Å². The van der Waals surface area contributed by atoms with Gasteiger partial charge in [-0.1, -0.05) is 40.2 Å². The monoisotopic (exact) mass is 495 g/mol. The van der Waals surface area contributed by atoms with Crippen molar-refractivity contribution in [1.29, 1.82) is 0 Å². The Morgan fingerprint density at radius 3 is 2.33 bits per heavy atom. The third kappa shape index (κ3) is 5.08. The Morgan fingerprint density at radius 2 is 1.70 bits per heavy atom. The molecule has 9 heteroatoms. The van der Waals surface area contributed by atoms with E-state index in [2.05, 4.69) is 15.9 Å². The fourth-order valence-corrected chi connectivity index (χ4v) is 5.21. The van der Waals surface area contributed by atoms with Crippen molar-refractivity contribution in [3.63, 3.8) is 0 Å². The van der Waals surface area contributed by atoms with Gasteiger partial charge in [-0.2, -0.15) is 4.31 Å². The Kier molecular flexibility index (Phi) is 7.27. The molecule has 0 unspecified atom stereocenters. The second-order valence-corrected chi connectivity index (χ2v) is 9.72. The lowest BCUT2D eigenvalue weighted by Gasteiger charge is -2.30. The Labute approximate surface area is 184 Å². The maximum absolute atomic E-state index is 13.0. The van der Waals surface area contributed by atoms with Crippen LogP contribution in [0.5, 0.6) is 0 Å². The number of ether oxygens (including phenoxy) is 2. The summed E-state index contributed by atoms with van der Waals surface area (Å²) in [4.78, 5) is 24.2. The van der Waals surface area contributed by atoms with Gasteiger partial charge in [0.25, 0.3) is 0 Å². The molecular formula is C21H22BrNO6S. The molecule has 7 nitrogen and oxygen atoms in total. The van der Waals surface area contributed by atoms with Crippen LogP contribution < -0.4 is 0 Å². The average molecular weight is 496 g/mol. The maximum Gasteiger partial charge on any atom is 0.339 e. The van der Waals surface area contributed by atoms with Crippen molar-refractivity contribution in [3.8, 4) is 0 Å². The van der Waals surface area contributed by atoms with E-state index in [1.807, 2.05) is 24.3 Å². The number of hydrogen-bond donors (Lipinski definition) is 0. The number of sulfonamides is 1. The Balaban J connectivity index is 1.61. The quantitative estimate of drug-likeness (QED) is 0.570. The summed E-state index contributed by atoms with van der Waals surface area (Å²) < 4.78 is 38.4. The smallest absolute Gasteiger partial charge is 0.339 e. The summed E-state index contributed by atoms with van der Waals surface area (Å²) >= 11 is 3.36. The van der Waals surface area contributed by atoms with E-state index in [0.29, 0.717) is 12.8 Å². The minimum atomic E-state index is -3.88. The molecule has 0 atom stereocenters. The lowest BCUT2D eigenvalue weighted by molar-refractivity contribution is -0.151. The molecule has 0 radical (unpaired) electrons. The summed E-state index contributed by atoms with van der Waals surface area (Å²) in [6.07, 6.45) is 0.720. The highest BCUT2D eigenvalue weighted by molar-refractivity contribution is 9.10. The zero-order valence-corrected chi connectivity index (χ0v) is 18.8. The Hall–Kier alpha value is -2.23. The van der Waals surface area contributed by atoms with E-state index >= 15 is 0 Å². The molecular weight excluding hydrogens is 474 g/mol. The predicted octanol–water partition coefficient (Wildman–Crippen LogP) is 3.38. The lowest BCUT2D eigenvalue weighted by Crippen LogP contribution is -2.41. The summed E-state index contributed by atoms with van der Waals surface area (Å²) in [7, 11) is -2.67. The molecule has 1 fully saturated rings. The van der Waals surface area contributed by atoms with Crippen molar-refractivity contribution in [2.45, 2.75) is 24.3 Å². The summed E-state index contributed by atoms with van der Waals surface area (Å²) in [5, 5.41) is 0. The first-order valence-corrected chi connectivity index (χ1v) is 11.6. The third-order valence-corrected chi connectivity index (χ3v) is 7.48. The maximum atomic E-state index is 13.0. The first kappa shape index (κ1) is 22.5. The number of carbonyl (C=O) groups excluding carboxylic acids is 2. The highest BCUT2D eigenvalue weighted by Crippen LogP contribution is 2.27. The molecule has 0 aromatic heterocycles. The zero-order chi connectivity index (χ0) is 21.7. The fraction of sp³-hybridized carbons (Fsp3) is 0.333. The minimum Gasteiger partial charge on any atom is -0.465 e.